The van der Waals surface area contributed by atoms with E-state index >= 15 is 0 Å². The van der Waals surface area contributed by atoms with Crippen LogP contribution >= 0.6 is 0 Å². The number of carbonyl (C=O) groups excluding carboxylic acids is 1. The maximum Gasteiger partial charge on any atom is 0.355 e. The molecular weight excluding hydrogens is 162 g/mol. The van der Waals surface area contributed by atoms with E-state index in [0.29, 0.717) is 0 Å². The second-order valence-electron chi connectivity index (χ2n) is 3.95. The van der Waals surface area contributed by atoms with E-state index in [4.69, 9.17) is 0 Å². The lowest BCUT2D eigenvalue weighted by Gasteiger charge is -2.00. The fourth-order valence-corrected chi connectivity index (χ4v) is 1.58. The van der Waals surface area contributed by atoms with Crippen LogP contribution in [0.25, 0.3) is 0 Å². The van der Waals surface area contributed by atoms with Crippen molar-refractivity contribution in [2.75, 3.05) is 0 Å². The third-order valence-corrected chi connectivity index (χ3v) is 2.48. The number of rotatable bonds is 10. The number of carbonyl (C=O) groups is 1. The van der Waals surface area contributed by atoms with Crippen LogP contribution < -0.4 is 0 Å². The Hall–Kier alpha value is -0.530. The van der Waals surface area contributed by atoms with E-state index in [-0.39, 0.29) is 6.42 Å². The number of hydrogen-bond acceptors (Lipinski definition) is 1. The van der Waals surface area contributed by atoms with E-state index in [1.807, 2.05) is 0 Å². The van der Waals surface area contributed by atoms with Gasteiger partial charge in [0.15, 0.2) is 0 Å². The predicted molar refractivity (Wildman–Crippen MR) is 57.5 cm³/mol. The van der Waals surface area contributed by atoms with Gasteiger partial charge >= 0.3 is 5.97 Å². The molecule has 0 spiro atoms. The molecule has 0 atom stereocenters. The molecule has 0 aliphatic carbocycles. The van der Waals surface area contributed by atoms with E-state index in [9.17, 15) is 9.90 Å². The van der Waals surface area contributed by atoms with Crippen molar-refractivity contribution in [2.24, 2.45) is 0 Å². The smallest absolute Gasteiger partial charge is 0.247 e. The van der Waals surface area contributed by atoms with Gasteiger partial charge in [0.05, 0.1) is 6.42 Å². The van der Waals surface area contributed by atoms with Crippen LogP contribution in [0.15, 0.2) is 0 Å². The molecule has 0 saturated heterocycles. The van der Waals surface area contributed by atoms with Crippen LogP contribution in [-0.4, -0.2) is 5.97 Å². The normalized spacial score (nSPS) is 10.4. The molecule has 2 nitrogen and oxygen atoms in total. The minimum Gasteiger partial charge on any atom is -0.247 e. The summed E-state index contributed by atoms with van der Waals surface area (Å²) >= 11 is 0. The Morgan fingerprint density at radius 2 is 1.29 bits per heavy atom. The predicted octanol–water partition coefficient (Wildman–Crippen LogP) is 3.86. The molecule has 2 heteroatoms. The van der Waals surface area contributed by atoms with E-state index < -0.39 is 5.97 Å². The van der Waals surface area contributed by atoms with Gasteiger partial charge in [0.25, 0.3) is 0 Å². The third-order valence-electron chi connectivity index (χ3n) is 2.48. The molecule has 1 radical (unpaired) electrons. The van der Waals surface area contributed by atoms with Crippen molar-refractivity contribution in [1.29, 1.82) is 0 Å². The highest BCUT2D eigenvalue weighted by atomic mass is 16.1. The minimum atomic E-state index is -0.909. The van der Waals surface area contributed by atoms with Gasteiger partial charge in [-0.05, 0) is 6.42 Å². The standard InChI is InChI=1S/C12H23O2/c1-2-3-4-5-6-7-8-9-10-11-12(13)14/h2-11H2,1H3/i13-14. The summed E-state index contributed by atoms with van der Waals surface area (Å²) in [4.78, 5) is 10.1. The van der Waals surface area contributed by atoms with Crippen molar-refractivity contribution in [3.8, 4) is 0 Å². The maximum atomic E-state index is 10.1. The second kappa shape index (κ2) is 10.6. The van der Waals surface area contributed by atoms with Crippen LogP contribution in [0, 0.1) is 0 Å². The SMILES string of the molecule is CCCCCCCCCCCC(=O)[2O]. The largest absolute Gasteiger partial charge is 0.355 e. The highest BCUT2D eigenvalue weighted by Gasteiger charge is 1.98. The molecule has 0 amide bonds. The third kappa shape index (κ3) is 11.5. The van der Waals surface area contributed by atoms with Gasteiger partial charge in [0.2, 0.25) is 0 Å². The Kier molecular flexibility index (Phi) is 10.2. The summed E-state index contributed by atoms with van der Waals surface area (Å²) in [7, 11) is 0. The molecule has 0 aromatic rings. The van der Waals surface area contributed by atoms with Gasteiger partial charge < -0.3 is 0 Å². The van der Waals surface area contributed by atoms with Gasteiger partial charge in [-0.15, -0.1) is 0 Å². The van der Waals surface area contributed by atoms with Crippen LogP contribution in [0.3, 0.4) is 0 Å². The fraction of sp³-hybridized carbons (Fsp3) is 0.917. The van der Waals surface area contributed by atoms with Gasteiger partial charge in [-0.3, -0.25) is 0 Å². The van der Waals surface area contributed by atoms with Gasteiger partial charge in [-0.1, -0.05) is 58.3 Å². The van der Waals surface area contributed by atoms with Crippen LogP contribution in [0.5, 0.6) is 0 Å². The number of hydrogen-bond donors (Lipinski definition) is 0. The lowest BCUT2D eigenvalue weighted by molar-refractivity contribution is -0.143. The summed E-state index contributed by atoms with van der Waals surface area (Å²) < 4.78 is 0. The first kappa shape index (κ1) is 13.5. The van der Waals surface area contributed by atoms with Crippen LogP contribution in [0.1, 0.15) is 71.1 Å². The lowest BCUT2D eigenvalue weighted by Crippen LogP contribution is -1.91. The molecule has 0 fully saturated rings. The summed E-state index contributed by atoms with van der Waals surface area (Å²) in [5, 5.41) is 10.1. The zero-order valence-corrected chi connectivity index (χ0v) is 9.39. The van der Waals surface area contributed by atoms with Gasteiger partial charge in [-0.2, -0.15) is 0 Å². The maximum absolute atomic E-state index is 10.1. The van der Waals surface area contributed by atoms with E-state index in [1.54, 1.807) is 0 Å². The summed E-state index contributed by atoms with van der Waals surface area (Å²) in [6.45, 7) is 2.22. The summed E-state index contributed by atoms with van der Waals surface area (Å²) in [6, 6.07) is 0. The first-order chi connectivity index (χ1) is 6.77. The Bertz CT molecular complexity index is 132. The fourth-order valence-electron chi connectivity index (χ4n) is 1.58. The van der Waals surface area contributed by atoms with Crippen molar-refractivity contribution >= 4 is 5.97 Å². The van der Waals surface area contributed by atoms with Crippen molar-refractivity contribution in [3.05, 3.63) is 0 Å². The zero-order chi connectivity index (χ0) is 10.6. The lowest BCUT2D eigenvalue weighted by atomic mass is 1.90. The molecule has 0 aliphatic heterocycles. The van der Waals surface area contributed by atoms with Crippen LogP contribution in [0.2, 0.25) is 0 Å². The average Bonchev–Trinajstić information content (AvgIpc) is 2.15. The molecule has 14 heavy (non-hydrogen) atoms. The molecule has 0 unspecified atom stereocenters. The monoisotopic (exact) mass is 185 g/mol. The minimum absolute atomic E-state index is 0.232. The Morgan fingerprint density at radius 1 is 0.857 bits per heavy atom. The highest BCUT2D eigenvalue weighted by molar-refractivity contribution is 5.66. The molecular formula is C12H23O2. The van der Waals surface area contributed by atoms with Crippen molar-refractivity contribution in [3.63, 3.8) is 0 Å². The van der Waals surface area contributed by atoms with E-state index in [2.05, 4.69) is 6.92 Å². The average molecular weight is 185 g/mol. The van der Waals surface area contributed by atoms with Gasteiger partial charge in [0.1, 0.15) is 0 Å². The van der Waals surface area contributed by atoms with E-state index in [1.165, 1.54) is 44.9 Å². The molecule has 0 saturated carbocycles. The Labute approximate surface area is 87.7 Å². The molecule has 0 N–H and O–H groups in total. The highest BCUT2D eigenvalue weighted by Crippen LogP contribution is 2.10. The molecule has 0 bridgehead atoms. The van der Waals surface area contributed by atoms with Crippen molar-refractivity contribution < 1.29 is 9.90 Å². The molecule has 83 valence electrons. The molecule has 0 aromatic heterocycles. The molecule has 0 aliphatic rings. The summed E-state index contributed by atoms with van der Waals surface area (Å²) in [6.07, 6.45) is 11.2. The topological polar surface area (TPSA) is 37.0 Å². The molecule has 0 heterocycles. The first-order valence-corrected chi connectivity index (χ1v) is 5.97. The summed E-state index contributed by atoms with van der Waals surface area (Å²) in [5.74, 6) is -0.909. The van der Waals surface area contributed by atoms with Crippen LogP contribution in [-0.2, 0) is 9.90 Å². The quantitative estimate of drug-likeness (QED) is 0.476. The van der Waals surface area contributed by atoms with Gasteiger partial charge in [0, 0.05) is 0 Å². The number of unbranched alkanes of at least 4 members (excludes halogenated alkanes) is 8. The van der Waals surface area contributed by atoms with Crippen molar-refractivity contribution in [2.45, 2.75) is 71.1 Å². The molecule has 0 rings (SSSR count). The van der Waals surface area contributed by atoms with Crippen LogP contribution in [0.4, 0.5) is 0 Å². The van der Waals surface area contributed by atoms with Gasteiger partial charge in [-0.25, -0.2) is 9.90 Å². The van der Waals surface area contributed by atoms with Crippen molar-refractivity contribution in [1.82, 2.24) is 0 Å². The zero-order valence-electron chi connectivity index (χ0n) is 9.39. The Morgan fingerprint density at radius 3 is 1.71 bits per heavy atom. The Balaban J connectivity index is 2.88. The summed E-state index contributed by atoms with van der Waals surface area (Å²) in [5.41, 5.74) is 0. The molecule has 0 aromatic carbocycles. The van der Waals surface area contributed by atoms with E-state index in [0.717, 1.165) is 12.8 Å². The second-order valence-corrected chi connectivity index (χ2v) is 3.95. The first-order valence-electron chi connectivity index (χ1n) is 5.97.